The molecule has 1 saturated heterocycles. The molecule has 1 aromatic heterocycles. The van der Waals surface area contributed by atoms with Crippen LogP contribution in [0.25, 0.3) is 11.0 Å². The largest absolute Gasteiger partial charge is 0.344 e. The first-order valence-corrected chi connectivity index (χ1v) is 10.2. The molecule has 2 N–H and O–H groups in total. The summed E-state index contributed by atoms with van der Waals surface area (Å²) < 4.78 is 0. The summed E-state index contributed by atoms with van der Waals surface area (Å²) in [5, 5.41) is 2.97. The zero-order valence-corrected chi connectivity index (χ0v) is 16.5. The zero-order chi connectivity index (χ0) is 20.3. The van der Waals surface area contributed by atoms with Crippen molar-refractivity contribution in [3.63, 3.8) is 0 Å². The number of allylic oxidation sites excluding steroid dienone is 2. The van der Waals surface area contributed by atoms with Gasteiger partial charge in [-0.2, -0.15) is 0 Å². The monoisotopic (exact) mass is 392 g/mol. The Hall–Kier alpha value is -2.96. The van der Waals surface area contributed by atoms with Gasteiger partial charge in [0.05, 0.1) is 28.9 Å². The molecule has 0 unspecified atom stereocenters. The second kappa shape index (κ2) is 6.54. The summed E-state index contributed by atoms with van der Waals surface area (Å²) in [5.74, 6) is -0.235. The Morgan fingerprint density at radius 2 is 1.83 bits per heavy atom. The lowest BCUT2D eigenvalue weighted by atomic mass is 9.85. The molecular formula is C22H24N4O3. The predicted molar refractivity (Wildman–Crippen MR) is 106 cm³/mol. The second-order valence-electron chi connectivity index (χ2n) is 8.69. The normalized spacial score (nSPS) is 28.6. The first kappa shape index (κ1) is 18.1. The van der Waals surface area contributed by atoms with E-state index in [-0.39, 0.29) is 59.9 Å². The zero-order valence-electron chi connectivity index (χ0n) is 16.5. The summed E-state index contributed by atoms with van der Waals surface area (Å²) in [6.45, 7) is 3.77. The fourth-order valence-electron chi connectivity index (χ4n) is 5.15. The summed E-state index contributed by atoms with van der Waals surface area (Å²) in [5.41, 5.74) is 1.74. The second-order valence-corrected chi connectivity index (χ2v) is 8.69. The minimum absolute atomic E-state index is 0.0870. The molecule has 150 valence electrons. The number of H-pyrrole nitrogens is 1. The van der Waals surface area contributed by atoms with Gasteiger partial charge in [-0.15, -0.1) is 0 Å². The van der Waals surface area contributed by atoms with Gasteiger partial charge < -0.3 is 10.3 Å². The summed E-state index contributed by atoms with van der Waals surface area (Å²) in [6.07, 6.45) is 4.99. The fraction of sp³-hybridized carbons (Fsp3) is 0.455. The van der Waals surface area contributed by atoms with Crippen molar-refractivity contribution < 1.29 is 14.4 Å². The molecule has 2 heterocycles. The van der Waals surface area contributed by atoms with Crippen LogP contribution in [0.5, 0.6) is 0 Å². The molecule has 1 saturated carbocycles. The molecule has 29 heavy (non-hydrogen) atoms. The van der Waals surface area contributed by atoms with Crippen molar-refractivity contribution in [3.05, 3.63) is 42.2 Å². The van der Waals surface area contributed by atoms with E-state index in [4.69, 9.17) is 0 Å². The number of hydrogen-bond donors (Lipinski definition) is 2. The maximum absolute atomic E-state index is 12.8. The first-order valence-electron chi connectivity index (χ1n) is 10.2. The highest BCUT2D eigenvalue weighted by atomic mass is 16.2. The number of aromatic nitrogens is 2. The molecule has 5 atom stereocenters. The van der Waals surface area contributed by atoms with Gasteiger partial charge in [0.25, 0.3) is 0 Å². The van der Waals surface area contributed by atoms with Crippen LogP contribution >= 0.6 is 0 Å². The number of para-hydroxylation sites is 2. The fourth-order valence-corrected chi connectivity index (χ4v) is 5.15. The van der Waals surface area contributed by atoms with Gasteiger partial charge >= 0.3 is 0 Å². The lowest BCUT2D eigenvalue weighted by Gasteiger charge is -2.22. The molecule has 1 aliphatic heterocycles. The predicted octanol–water partition coefficient (Wildman–Crippen LogP) is 2.18. The van der Waals surface area contributed by atoms with Crippen LogP contribution in [0.15, 0.2) is 36.4 Å². The Kier molecular flexibility index (Phi) is 4.08. The van der Waals surface area contributed by atoms with Gasteiger partial charge in [0, 0.05) is 0 Å². The number of imidazole rings is 1. The van der Waals surface area contributed by atoms with Gasteiger partial charge in [0.1, 0.15) is 12.4 Å². The Morgan fingerprint density at radius 3 is 2.45 bits per heavy atom. The molecule has 2 fully saturated rings. The Morgan fingerprint density at radius 1 is 1.17 bits per heavy atom. The van der Waals surface area contributed by atoms with Crippen LogP contribution in [0, 0.1) is 29.6 Å². The maximum atomic E-state index is 12.8. The standard InChI is InChI=1S/C22H24N4O3/c1-11(2)19(20-23-14-5-3-4-6-15(14)24-20)25-16(27)10-26-21(28)17-12-7-8-13(9-12)18(17)22(26)29/h3-8,11-13,17-19H,9-10H2,1-2H3,(H,23,24)(H,25,27)/t12-,13+,17-,18+,19-/m1/s1. The van der Waals surface area contributed by atoms with E-state index in [1.165, 1.54) is 0 Å². The Bertz CT molecular complexity index is 977. The van der Waals surface area contributed by atoms with Crippen molar-refractivity contribution in [1.82, 2.24) is 20.2 Å². The molecule has 3 amide bonds. The smallest absolute Gasteiger partial charge is 0.240 e. The van der Waals surface area contributed by atoms with E-state index in [1.807, 2.05) is 38.1 Å². The number of carbonyl (C=O) groups is 3. The molecule has 7 heteroatoms. The number of nitrogens with zero attached hydrogens (tertiary/aromatic N) is 2. The average Bonchev–Trinajstić information content (AvgIpc) is 3.45. The average molecular weight is 392 g/mol. The highest BCUT2D eigenvalue weighted by molar-refractivity contribution is 6.08. The van der Waals surface area contributed by atoms with Crippen molar-refractivity contribution >= 4 is 28.8 Å². The van der Waals surface area contributed by atoms with Gasteiger partial charge in [0.2, 0.25) is 17.7 Å². The maximum Gasteiger partial charge on any atom is 0.240 e. The number of benzene rings is 1. The number of amides is 3. The van der Waals surface area contributed by atoms with Crippen molar-refractivity contribution in [2.24, 2.45) is 29.6 Å². The van der Waals surface area contributed by atoms with Crippen LogP contribution in [0.1, 0.15) is 32.1 Å². The van der Waals surface area contributed by atoms with Crippen molar-refractivity contribution in [2.45, 2.75) is 26.3 Å². The van der Waals surface area contributed by atoms with E-state index in [1.54, 1.807) is 0 Å². The summed E-state index contributed by atoms with van der Waals surface area (Å²) in [6, 6.07) is 7.36. The third kappa shape index (κ3) is 2.79. The van der Waals surface area contributed by atoms with Crippen LogP contribution in [-0.4, -0.2) is 39.1 Å². The summed E-state index contributed by atoms with van der Waals surface area (Å²) >= 11 is 0. The van der Waals surface area contributed by atoms with Gasteiger partial charge in [-0.25, -0.2) is 4.98 Å². The van der Waals surface area contributed by atoms with Crippen LogP contribution in [-0.2, 0) is 14.4 Å². The first-order chi connectivity index (χ1) is 13.9. The molecule has 2 aliphatic carbocycles. The van der Waals surface area contributed by atoms with E-state index in [0.29, 0.717) is 5.82 Å². The number of fused-ring (bicyclic) bond motifs is 6. The lowest BCUT2D eigenvalue weighted by Crippen LogP contribution is -2.43. The molecule has 2 bridgehead atoms. The molecule has 1 aromatic carbocycles. The van der Waals surface area contributed by atoms with Crippen molar-refractivity contribution in [3.8, 4) is 0 Å². The molecule has 2 aromatic rings. The summed E-state index contributed by atoms with van der Waals surface area (Å²) in [4.78, 5) is 47.4. The SMILES string of the molecule is CC(C)[C@@H](NC(=O)CN1C(=O)[C@@H]2[C@H](C1=O)[C@@H]1C=C[C@H]2C1)c1nc2ccccc2[nH]1. The Balaban J connectivity index is 1.31. The highest BCUT2D eigenvalue weighted by Gasteiger charge is 2.59. The minimum atomic E-state index is -0.342. The van der Waals surface area contributed by atoms with E-state index >= 15 is 0 Å². The van der Waals surface area contributed by atoms with Gasteiger partial charge in [-0.1, -0.05) is 38.1 Å². The minimum Gasteiger partial charge on any atom is -0.344 e. The molecule has 0 radical (unpaired) electrons. The molecular weight excluding hydrogens is 368 g/mol. The number of rotatable bonds is 5. The van der Waals surface area contributed by atoms with E-state index in [2.05, 4.69) is 27.4 Å². The lowest BCUT2D eigenvalue weighted by molar-refractivity contribution is -0.144. The van der Waals surface area contributed by atoms with Crippen molar-refractivity contribution in [1.29, 1.82) is 0 Å². The number of nitrogens with one attached hydrogen (secondary N) is 2. The van der Waals surface area contributed by atoms with Crippen LogP contribution in [0.3, 0.4) is 0 Å². The van der Waals surface area contributed by atoms with Gasteiger partial charge in [-0.3, -0.25) is 19.3 Å². The molecule has 7 nitrogen and oxygen atoms in total. The van der Waals surface area contributed by atoms with E-state index < -0.39 is 0 Å². The molecule has 0 spiro atoms. The summed E-state index contributed by atoms with van der Waals surface area (Å²) in [7, 11) is 0. The quantitative estimate of drug-likeness (QED) is 0.602. The van der Waals surface area contributed by atoms with Gasteiger partial charge in [0.15, 0.2) is 0 Å². The number of aromatic amines is 1. The van der Waals surface area contributed by atoms with Crippen LogP contribution in [0.2, 0.25) is 0 Å². The molecule has 5 rings (SSSR count). The van der Waals surface area contributed by atoms with Crippen molar-refractivity contribution in [2.75, 3.05) is 6.54 Å². The third-order valence-electron chi connectivity index (χ3n) is 6.55. The third-order valence-corrected chi connectivity index (χ3v) is 6.55. The Labute approximate surface area is 168 Å². The number of carbonyl (C=O) groups excluding carboxylic acids is 3. The highest BCUT2D eigenvalue weighted by Crippen LogP contribution is 2.52. The van der Waals surface area contributed by atoms with Crippen LogP contribution in [0.4, 0.5) is 0 Å². The van der Waals surface area contributed by atoms with E-state index in [0.717, 1.165) is 22.4 Å². The molecule has 3 aliphatic rings. The number of hydrogen-bond acceptors (Lipinski definition) is 4. The number of imide groups is 1. The topological polar surface area (TPSA) is 95.2 Å². The van der Waals surface area contributed by atoms with Crippen LogP contribution < -0.4 is 5.32 Å². The van der Waals surface area contributed by atoms with Gasteiger partial charge in [-0.05, 0) is 36.3 Å². The number of likely N-dealkylation sites (tertiary alicyclic amines) is 1. The van der Waals surface area contributed by atoms with E-state index in [9.17, 15) is 14.4 Å².